The molecule has 1 saturated heterocycles. The van der Waals surface area contributed by atoms with Crippen LogP contribution in [0.3, 0.4) is 0 Å². The summed E-state index contributed by atoms with van der Waals surface area (Å²) in [6, 6.07) is 0.530. The first kappa shape index (κ1) is 21.0. The highest BCUT2D eigenvalue weighted by atomic mass is 16.2. The number of nitrogens with zero attached hydrogens (tertiary/aromatic N) is 2. The predicted molar refractivity (Wildman–Crippen MR) is 121 cm³/mol. The van der Waals surface area contributed by atoms with Gasteiger partial charge in [-0.2, -0.15) is 5.10 Å². The summed E-state index contributed by atoms with van der Waals surface area (Å²) >= 11 is 0. The smallest absolute Gasteiger partial charge is 0.233 e. The molecule has 1 aromatic heterocycles. The van der Waals surface area contributed by atoms with Crippen LogP contribution in [0.15, 0.2) is 35.6 Å². The van der Waals surface area contributed by atoms with E-state index in [9.17, 15) is 4.79 Å². The number of carbonyl (C=O) groups excluding carboxylic acids is 1. The summed E-state index contributed by atoms with van der Waals surface area (Å²) < 4.78 is 0. The van der Waals surface area contributed by atoms with Gasteiger partial charge in [0.25, 0.3) is 0 Å². The van der Waals surface area contributed by atoms with Crippen molar-refractivity contribution >= 4 is 5.91 Å². The van der Waals surface area contributed by atoms with Crippen molar-refractivity contribution in [3.63, 3.8) is 0 Å². The zero-order chi connectivity index (χ0) is 21.6. The molecule has 2 aliphatic heterocycles. The molecule has 0 spiro atoms. The van der Waals surface area contributed by atoms with E-state index in [1.807, 2.05) is 4.90 Å². The molecule has 162 valence electrons. The van der Waals surface area contributed by atoms with Gasteiger partial charge in [0.05, 0.1) is 23.2 Å². The van der Waals surface area contributed by atoms with Gasteiger partial charge >= 0.3 is 0 Å². The quantitative estimate of drug-likeness (QED) is 0.708. The minimum absolute atomic E-state index is 0.0537. The van der Waals surface area contributed by atoms with Crippen molar-refractivity contribution in [2.24, 2.45) is 11.3 Å². The molecule has 3 atom stereocenters. The number of carbonyl (C=O) groups is 1. The Morgan fingerprint density at radius 1 is 1.37 bits per heavy atom. The van der Waals surface area contributed by atoms with Gasteiger partial charge in [0.2, 0.25) is 5.91 Å². The standard InChI is InChI=1S/C25H36N4O/c1-7-20-21(29(15(2)3)24(30)25(20,5)6)13-8-10-17-14-26-22-19(17)12-9-11-18-16(4)27-28-23(18)22/h7-8,13-15,19,21-22,26H,9-12H2,1-6H3,(H,27,28)/b13-8?,20-7+. The fourth-order valence-corrected chi connectivity index (χ4v) is 5.72. The van der Waals surface area contributed by atoms with Gasteiger partial charge in [-0.15, -0.1) is 0 Å². The van der Waals surface area contributed by atoms with E-state index in [1.165, 1.54) is 40.9 Å². The third kappa shape index (κ3) is 3.23. The van der Waals surface area contributed by atoms with Crippen LogP contribution in [0, 0.1) is 18.3 Å². The van der Waals surface area contributed by atoms with Gasteiger partial charge in [-0.3, -0.25) is 9.89 Å². The predicted octanol–water partition coefficient (Wildman–Crippen LogP) is 4.74. The zero-order valence-electron chi connectivity index (χ0n) is 19.2. The number of hydrogen-bond acceptors (Lipinski definition) is 3. The van der Waals surface area contributed by atoms with E-state index in [0.29, 0.717) is 12.0 Å². The van der Waals surface area contributed by atoms with Crippen LogP contribution in [0.2, 0.25) is 0 Å². The van der Waals surface area contributed by atoms with Crippen LogP contribution in [-0.4, -0.2) is 33.1 Å². The average Bonchev–Trinajstić information content (AvgIpc) is 3.25. The number of rotatable bonds is 4. The van der Waals surface area contributed by atoms with Crippen molar-refractivity contribution in [3.8, 4) is 0 Å². The molecule has 4 rings (SSSR count). The molecule has 0 aromatic carbocycles. The molecule has 30 heavy (non-hydrogen) atoms. The molecule has 3 heterocycles. The van der Waals surface area contributed by atoms with E-state index < -0.39 is 5.41 Å². The molecular formula is C25H36N4O. The summed E-state index contributed by atoms with van der Waals surface area (Å²) in [5, 5.41) is 11.4. The highest BCUT2D eigenvalue weighted by Gasteiger charge is 2.48. The summed E-state index contributed by atoms with van der Waals surface area (Å²) in [5.74, 6) is 0.731. The number of aromatic amines is 1. The lowest BCUT2D eigenvalue weighted by molar-refractivity contribution is -0.136. The summed E-state index contributed by atoms with van der Waals surface area (Å²) in [7, 11) is 0. The fourth-order valence-electron chi connectivity index (χ4n) is 5.72. The number of aryl methyl sites for hydroxylation is 1. The van der Waals surface area contributed by atoms with Crippen molar-refractivity contribution < 1.29 is 4.79 Å². The summed E-state index contributed by atoms with van der Waals surface area (Å²) in [5.41, 5.74) is 6.05. The first-order valence-corrected chi connectivity index (χ1v) is 11.4. The molecule has 2 N–H and O–H groups in total. The van der Waals surface area contributed by atoms with Crippen LogP contribution in [0.1, 0.15) is 76.9 Å². The second-order valence-electron chi connectivity index (χ2n) is 9.83. The minimum atomic E-state index is -0.428. The van der Waals surface area contributed by atoms with Gasteiger partial charge in [-0.05, 0) is 90.1 Å². The first-order valence-electron chi connectivity index (χ1n) is 11.4. The highest BCUT2D eigenvalue weighted by molar-refractivity contribution is 5.90. The van der Waals surface area contributed by atoms with Crippen molar-refractivity contribution in [1.82, 2.24) is 20.4 Å². The third-order valence-corrected chi connectivity index (χ3v) is 7.32. The third-order valence-electron chi connectivity index (χ3n) is 7.32. The maximum Gasteiger partial charge on any atom is 0.233 e. The van der Waals surface area contributed by atoms with E-state index >= 15 is 0 Å². The number of fused-ring (bicyclic) bond motifs is 3. The molecule has 0 radical (unpaired) electrons. The lowest BCUT2D eigenvalue weighted by Crippen LogP contribution is -2.39. The topological polar surface area (TPSA) is 61.0 Å². The average molecular weight is 409 g/mol. The Balaban J connectivity index is 1.51. The van der Waals surface area contributed by atoms with Crippen LogP contribution in [0.25, 0.3) is 0 Å². The molecule has 3 unspecified atom stereocenters. The van der Waals surface area contributed by atoms with E-state index in [-0.39, 0.29) is 18.0 Å². The number of aromatic nitrogens is 2. The van der Waals surface area contributed by atoms with Gasteiger partial charge in [-0.25, -0.2) is 0 Å². The monoisotopic (exact) mass is 408 g/mol. The summed E-state index contributed by atoms with van der Waals surface area (Å²) in [6.07, 6.45) is 13.3. The minimum Gasteiger partial charge on any atom is -0.382 e. The Morgan fingerprint density at radius 2 is 2.13 bits per heavy atom. The molecule has 1 amide bonds. The number of hydrogen-bond donors (Lipinski definition) is 2. The molecular weight excluding hydrogens is 372 g/mol. The van der Waals surface area contributed by atoms with Crippen LogP contribution in [-0.2, 0) is 11.2 Å². The molecule has 0 bridgehead atoms. The molecule has 1 aromatic rings. The molecule has 5 nitrogen and oxygen atoms in total. The first-order chi connectivity index (χ1) is 14.3. The Morgan fingerprint density at radius 3 is 2.83 bits per heavy atom. The number of allylic oxidation sites excluding steroid dienone is 2. The van der Waals surface area contributed by atoms with Crippen molar-refractivity contribution in [1.29, 1.82) is 0 Å². The molecule has 5 heteroatoms. The lowest BCUT2D eigenvalue weighted by atomic mass is 9.83. The molecule has 1 fully saturated rings. The highest BCUT2D eigenvalue weighted by Crippen LogP contribution is 2.44. The van der Waals surface area contributed by atoms with E-state index in [4.69, 9.17) is 0 Å². The Labute approximate surface area is 180 Å². The van der Waals surface area contributed by atoms with Crippen LogP contribution >= 0.6 is 0 Å². The summed E-state index contributed by atoms with van der Waals surface area (Å²) in [4.78, 5) is 15.1. The Hall–Kier alpha value is -2.30. The van der Waals surface area contributed by atoms with E-state index in [2.05, 4.69) is 81.5 Å². The van der Waals surface area contributed by atoms with Gasteiger partial charge in [-0.1, -0.05) is 18.2 Å². The van der Waals surface area contributed by atoms with Crippen LogP contribution in [0.4, 0.5) is 0 Å². The van der Waals surface area contributed by atoms with Crippen LogP contribution < -0.4 is 5.32 Å². The second kappa shape index (κ2) is 7.75. The van der Waals surface area contributed by atoms with Gasteiger partial charge in [0.15, 0.2) is 0 Å². The van der Waals surface area contributed by atoms with E-state index in [1.54, 1.807) is 0 Å². The second-order valence-corrected chi connectivity index (χ2v) is 9.83. The van der Waals surface area contributed by atoms with Crippen LogP contribution in [0.5, 0.6) is 0 Å². The zero-order valence-corrected chi connectivity index (χ0v) is 19.2. The number of likely N-dealkylation sites (tertiary alicyclic amines) is 1. The maximum atomic E-state index is 13.0. The van der Waals surface area contributed by atoms with Crippen molar-refractivity contribution in [2.45, 2.75) is 85.4 Å². The SMILES string of the molecule is C/C=C1\C(C=CCC2=CNC3c4n[nH]c(C)c4CCCC23)N(C(C)C)C(=O)C1(C)C. The molecule has 0 saturated carbocycles. The Kier molecular flexibility index (Phi) is 5.41. The fraction of sp³-hybridized carbons (Fsp3) is 0.600. The van der Waals surface area contributed by atoms with Gasteiger partial charge < -0.3 is 10.2 Å². The molecule has 3 aliphatic rings. The number of H-pyrrole nitrogens is 1. The number of amides is 1. The van der Waals surface area contributed by atoms with Gasteiger partial charge in [0, 0.05) is 17.7 Å². The number of nitrogens with one attached hydrogen (secondary N) is 2. The largest absolute Gasteiger partial charge is 0.382 e. The maximum absolute atomic E-state index is 13.0. The molecule has 1 aliphatic carbocycles. The Bertz CT molecular complexity index is 918. The summed E-state index contributed by atoms with van der Waals surface area (Å²) in [6.45, 7) is 12.5. The van der Waals surface area contributed by atoms with E-state index in [0.717, 1.165) is 12.8 Å². The van der Waals surface area contributed by atoms with Crippen molar-refractivity contribution in [3.05, 3.63) is 52.5 Å². The van der Waals surface area contributed by atoms with Crippen molar-refractivity contribution in [2.75, 3.05) is 0 Å². The van der Waals surface area contributed by atoms with Gasteiger partial charge in [0.1, 0.15) is 0 Å². The normalized spacial score (nSPS) is 29.4. The lowest BCUT2D eigenvalue weighted by Gasteiger charge is -2.27.